The number of hydrogen-bond acceptors (Lipinski definition) is 5. The third kappa shape index (κ3) is 4.79. The number of benzene rings is 1. The Morgan fingerprint density at radius 1 is 1.26 bits per heavy atom. The van der Waals surface area contributed by atoms with Gasteiger partial charge in [0.1, 0.15) is 6.04 Å². The van der Waals surface area contributed by atoms with E-state index >= 15 is 0 Å². The van der Waals surface area contributed by atoms with Crippen molar-refractivity contribution in [3.05, 3.63) is 36.0 Å². The third-order valence-corrected chi connectivity index (χ3v) is 6.56. The number of hydrogen-bond donors (Lipinski definition) is 1. The molecule has 1 aromatic carbocycles. The van der Waals surface area contributed by atoms with Crippen LogP contribution in [-0.2, 0) is 25.0 Å². The van der Waals surface area contributed by atoms with Gasteiger partial charge in [-0.2, -0.15) is 0 Å². The smallest absolute Gasteiger partial charge is 0.373 e. The fourth-order valence-electron chi connectivity index (χ4n) is 2.97. The summed E-state index contributed by atoms with van der Waals surface area (Å²) < 4.78 is 25.6. The third-order valence-electron chi connectivity index (χ3n) is 4.56. The minimum atomic E-state index is -3.55. The summed E-state index contributed by atoms with van der Waals surface area (Å²) >= 11 is 0. The molecule has 2 aromatic rings. The van der Waals surface area contributed by atoms with Crippen molar-refractivity contribution in [3.63, 3.8) is 0 Å². The Labute approximate surface area is 161 Å². The van der Waals surface area contributed by atoms with Gasteiger partial charge >= 0.3 is 13.6 Å². The van der Waals surface area contributed by atoms with Gasteiger partial charge in [0.2, 0.25) is 0 Å². The SMILES string of the molecule is COC(=O)C(NP(=O)(OC)n1cc(CCN(C)C)c2ccccc21)C(C)C. The molecule has 0 fully saturated rings. The van der Waals surface area contributed by atoms with E-state index in [1.807, 2.05) is 58.4 Å². The van der Waals surface area contributed by atoms with Crippen LogP contribution in [0.3, 0.4) is 0 Å². The summed E-state index contributed by atoms with van der Waals surface area (Å²) in [6.45, 7) is 4.60. The Bertz CT molecular complexity index is 831. The first kappa shape index (κ1) is 21.6. The lowest BCUT2D eigenvalue weighted by molar-refractivity contribution is -0.143. The Hall–Kier alpha value is -1.66. The van der Waals surface area contributed by atoms with Gasteiger partial charge in [-0.05, 0) is 38.1 Å². The summed E-state index contributed by atoms with van der Waals surface area (Å²) in [5.74, 6) is -0.581. The molecule has 27 heavy (non-hydrogen) atoms. The van der Waals surface area contributed by atoms with Crippen LogP contribution in [0, 0.1) is 5.92 Å². The molecule has 1 aromatic heterocycles. The number of fused-ring (bicyclic) bond motifs is 1. The quantitative estimate of drug-likeness (QED) is 0.520. The van der Waals surface area contributed by atoms with Gasteiger partial charge in [0.05, 0.1) is 12.6 Å². The van der Waals surface area contributed by atoms with Gasteiger partial charge in [0.15, 0.2) is 0 Å². The molecule has 0 aliphatic carbocycles. The Morgan fingerprint density at radius 3 is 2.48 bits per heavy atom. The topological polar surface area (TPSA) is 72.8 Å². The number of para-hydroxylation sites is 1. The highest BCUT2D eigenvalue weighted by atomic mass is 31.2. The molecule has 0 saturated heterocycles. The lowest BCUT2D eigenvalue weighted by Crippen LogP contribution is -2.41. The second kappa shape index (κ2) is 9.02. The van der Waals surface area contributed by atoms with E-state index in [1.54, 1.807) is 4.34 Å². The van der Waals surface area contributed by atoms with Crippen LogP contribution in [0.2, 0.25) is 0 Å². The molecule has 0 bridgehead atoms. The number of aromatic nitrogens is 1. The molecule has 8 heteroatoms. The van der Waals surface area contributed by atoms with Crippen molar-refractivity contribution in [2.45, 2.75) is 26.3 Å². The maximum absolute atomic E-state index is 13.7. The van der Waals surface area contributed by atoms with Crippen LogP contribution in [0.25, 0.3) is 10.9 Å². The molecular weight excluding hydrogens is 365 g/mol. The molecule has 1 N–H and O–H groups in total. The summed E-state index contributed by atoms with van der Waals surface area (Å²) in [5.41, 5.74) is 1.88. The van der Waals surface area contributed by atoms with Crippen molar-refractivity contribution in [1.29, 1.82) is 0 Å². The van der Waals surface area contributed by atoms with E-state index in [0.717, 1.165) is 29.4 Å². The predicted molar refractivity (Wildman–Crippen MR) is 108 cm³/mol. The molecule has 1 heterocycles. The zero-order chi connectivity index (χ0) is 20.2. The second-order valence-corrected chi connectivity index (χ2v) is 9.24. The van der Waals surface area contributed by atoms with Gasteiger partial charge in [0, 0.05) is 25.2 Å². The summed E-state index contributed by atoms with van der Waals surface area (Å²) in [6.07, 6.45) is 2.68. The lowest BCUT2D eigenvalue weighted by Gasteiger charge is -2.26. The first-order chi connectivity index (χ1) is 12.7. The van der Waals surface area contributed by atoms with Crippen LogP contribution in [0.5, 0.6) is 0 Å². The summed E-state index contributed by atoms with van der Waals surface area (Å²) in [6, 6.07) is 7.03. The molecule has 0 aliphatic rings. The zero-order valence-corrected chi connectivity index (χ0v) is 17.8. The molecular formula is C19H30N3O4P. The standard InChI is InChI=1S/C19H30N3O4P/c1-14(2)18(19(23)25-5)20-27(24,26-6)22-13-15(11-12-21(3)4)16-9-7-8-10-17(16)22/h7-10,13-14,18H,11-12H2,1-6H3,(H,20,24). The number of esters is 1. The second-order valence-electron chi connectivity index (χ2n) is 7.15. The van der Waals surface area contributed by atoms with E-state index in [0.29, 0.717) is 0 Å². The molecule has 2 atom stereocenters. The molecule has 0 amide bonds. The maximum atomic E-state index is 13.7. The predicted octanol–water partition coefficient (Wildman–Crippen LogP) is 3.14. The molecule has 0 spiro atoms. The molecule has 0 saturated carbocycles. The van der Waals surface area contributed by atoms with Crippen molar-refractivity contribution in [1.82, 2.24) is 14.3 Å². The number of ether oxygens (including phenoxy) is 1. The lowest BCUT2D eigenvalue weighted by atomic mass is 10.1. The molecule has 0 radical (unpaired) electrons. The number of nitrogens with zero attached hydrogens (tertiary/aromatic N) is 2. The number of nitrogens with one attached hydrogen (secondary N) is 1. The number of methoxy groups -OCH3 is 1. The minimum absolute atomic E-state index is 0.115. The van der Waals surface area contributed by atoms with Gasteiger partial charge in [-0.15, -0.1) is 0 Å². The number of carbonyl (C=O) groups excluding carboxylic acids is 1. The van der Waals surface area contributed by atoms with Crippen molar-refractivity contribution >= 4 is 24.5 Å². The van der Waals surface area contributed by atoms with E-state index < -0.39 is 19.7 Å². The van der Waals surface area contributed by atoms with Gasteiger partial charge in [-0.25, -0.2) is 9.65 Å². The Balaban J connectivity index is 2.50. The van der Waals surface area contributed by atoms with E-state index in [2.05, 4.69) is 9.99 Å². The summed E-state index contributed by atoms with van der Waals surface area (Å²) in [4.78, 5) is 14.3. The Kier molecular flexibility index (Phi) is 7.23. The Morgan fingerprint density at radius 2 is 1.93 bits per heavy atom. The van der Waals surface area contributed by atoms with Crippen LogP contribution in [0.15, 0.2) is 30.5 Å². The van der Waals surface area contributed by atoms with Crippen LogP contribution in [0.4, 0.5) is 0 Å². The van der Waals surface area contributed by atoms with Gasteiger partial charge in [0.25, 0.3) is 0 Å². The average molecular weight is 395 g/mol. The van der Waals surface area contributed by atoms with Crippen molar-refractivity contribution in [3.8, 4) is 0 Å². The minimum Gasteiger partial charge on any atom is -0.468 e. The van der Waals surface area contributed by atoms with Crippen LogP contribution in [0.1, 0.15) is 19.4 Å². The molecule has 2 rings (SSSR count). The molecule has 0 aliphatic heterocycles. The fraction of sp³-hybridized carbons (Fsp3) is 0.526. The van der Waals surface area contributed by atoms with Crippen molar-refractivity contribution in [2.24, 2.45) is 5.92 Å². The largest absolute Gasteiger partial charge is 0.468 e. The van der Waals surface area contributed by atoms with Crippen LogP contribution in [-0.4, -0.2) is 56.1 Å². The van der Waals surface area contributed by atoms with Crippen molar-refractivity contribution in [2.75, 3.05) is 34.9 Å². The van der Waals surface area contributed by atoms with E-state index in [-0.39, 0.29) is 5.92 Å². The van der Waals surface area contributed by atoms with E-state index in [4.69, 9.17) is 9.26 Å². The molecule has 150 valence electrons. The normalized spacial score (nSPS) is 15.3. The first-order valence-corrected chi connectivity index (χ1v) is 10.6. The highest BCUT2D eigenvalue weighted by Gasteiger charge is 2.35. The van der Waals surface area contributed by atoms with E-state index in [1.165, 1.54) is 14.2 Å². The number of likely N-dealkylation sites (N-methyl/N-ethyl adjacent to an activating group) is 1. The maximum Gasteiger partial charge on any atom is 0.373 e. The highest BCUT2D eigenvalue weighted by molar-refractivity contribution is 7.55. The monoisotopic (exact) mass is 395 g/mol. The molecule has 7 nitrogen and oxygen atoms in total. The first-order valence-electron chi connectivity index (χ1n) is 8.99. The zero-order valence-electron chi connectivity index (χ0n) is 16.9. The summed E-state index contributed by atoms with van der Waals surface area (Å²) in [5, 5.41) is 3.95. The highest BCUT2D eigenvalue weighted by Crippen LogP contribution is 2.47. The van der Waals surface area contributed by atoms with Gasteiger partial charge in [-0.1, -0.05) is 32.0 Å². The summed E-state index contributed by atoms with van der Waals surface area (Å²) in [7, 11) is 3.19. The van der Waals surface area contributed by atoms with Crippen LogP contribution < -0.4 is 5.09 Å². The molecule has 2 unspecified atom stereocenters. The number of rotatable bonds is 9. The fourth-order valence-corrected chi connectivity index (χ4v) is 4.88. The number of carbonyl (C=O) groups is 1. The van der Waals surface area contributed by atoms with Crippen molar-refractivity contribution < 1.29 is 18.6 Å². The average Bonchev–Trinajstić information content (AvgIpc) is 3.03. The van der Waals surface area contributed by atoms with Gasteiger partial charge in [-0.3, -0.25) is 9.13 Å². The van der Waals surface area contributed by atoms with Crippen LogP contribution >= 0.6 is 7.67 Å². The van der Waals surface area contributed by atoms with Gasteiger partial charge < -0.3 is 14.2 Å². The van der Waals surface area contributed by atoms with E-state index in [9.17, 15) is 9.36 Å².